The van der Waals surface area contributed by atoms with E-state index >= 15 is 0 Å². The molecule has 2 heteroatoms. The van der Waals surface area contributed by atoms with E-state index in [1.165, 1.54) is 25.7 Å². The SMILES string of the molecule is CCC(=O)C(C)C1CCOC2(CCCC2)C1. The quantitative estimate of drug-likeness (QED) is 0.735. The van der Waals surface area contributed by atoms with Crippen LogP contribution in [0, 0.1) is 11.8 Å². The molecule has 92 valence electrons. The van der Waals surface area contributed by atoms with Gasteiger partial charge in [-0.05, 0) is 31.6 Å². The van der Waals surface area contributed by atoms with Crippen molar-refractivity contribution in [3.63, 3.8) is 0 Å². The minimum atomic E-state index is 0.158. The van der Waals surface area contributed by atoms with Gasteiger partial charge in [-0.1, -0.05) is 26.7 Å². The van der Waals surface area contributed by atoms with E-state index in [4.69, 9.17) is 4.74 Å². The molecule has 0 aromatic heterocycles. The van der Waals surface area contributed by atoms with Crippen molar-refractivity contribution in [3.05, 3.63) is 0 Å². The van der Waals surface area contributed by atoms with Gasteiger partial charge in [0.1, 0.15) is 5.78 Å². The minimum absolute atomic E-state index is 0.158. The highest BCUT2D eigenvalue weighted by atomic mass is 16.5. The summed E-state index contributed by atoms with van der Waals surface area (Å²) in [7, 11) is 0. The first-order chi connectivity index (χ1) is 7.67. The molecule has 2 rings (SSSR count). The van der Waals surface area contributed by atoms with Gasteiger partial charge < -0.3 is 4.74 Å². The number of hydrogen-bond donors (Lipinski definition) is 0. The number of ketones is 1. The Kier molecular flexibility index (Phi) is 3.68. The van der Waals surface area contributed by atoms with Crippen LogP contribution in [0.5, 0.6) is 0 Å². The van der Waals surface area contributed by atoms with Crippen molar-refractivity contribution in [1.82, 2.24) is 0 Å². The molecule has 0 radical (unpaired) electrons. The zero-order valence-electron chi connectivity index (χ0n) is 10.6. The molecule has 0 aromatic carbocycles. The van der Waals surface area contributed by atoms with Gasteiger partial charge >= 0.3 is 0 Å². The molecular weight excluding hydrogens is 200 g/mol. The predicted molar refractivity (Wildman–Crippen MR) is 64.3 cm³/mol. The van der Waals surface area contributed by atoms with Crippen molar-refractivity contribution in [1.29, 1.82) is 0 Å². The van der Waals surface area contributed by atoms with Crippen molar-refractivity contribution in [3.8, 4) is 0 Å². The summed E-state index contributed by atoms with van der Waals surface area (Å²) in [4.78, 5) is 11.8. The molecule has 2 unspecified atom stereocenters. The van der Waals surface area contributed by atoms with Gasteiger partial charge in [0.15, 0.2) is 0 Å². The van der Waals surface area contributed by atoms with E-state index in [0.29, 0.717) is 18.1 Å². The topological polar surface area (TPSA) is 26.3 Å². The van der Waals surface area contributed by atoms with Crippen molar-refractivity contribution >= 4 is 5.78 Å². The monoisotopic (exact) mass is 224 g/mol. The normalized spacial score (nSPS) is 30.5. The number of carbonyl (C=O) groups excluding carboxylic acids is 1. The number of ether oxygens (including phenoxy) is 1. The first-order valence-electron chi connectivity index (χ1n) is 6.83. The fourth-order valence-electron chi connectivity index (χ4n) is 3.45. The Bertz CT molecular complexity index is 253. The lowest BCUT2D eigenvalue weighted by molar-refractivity contribution is -0.131. The van der Waals surface area contributed by atoms with E-state index in [0.717, 1.165) is 19.4 Å². The molecular formula is C14H24O2. The third-order valence-corrected chi connectivity index (χ3v) is 4.61. The Hall–Kier alpha value is -0.370. The molecule has 2 aliphatic rings. The van der Waals surface area contributed by atoms with Crippen LogP contribution in [-0.4, -0.2) is 18.0 Å². The van der Waals surface area contributed by atoms with E-state index in [-0.39, 0.29) is 11.5 Å². The summed E-state index contributed by atoms with van der Waals surface area (Å²) in [5, 5.41) is 0. The first kappa shape index (κ1) is 12.1. The molecule has 0 N–H and O–H groups in total. The van der Waals surface area contributed by atoms with E-state index in [2.05, 4.69) is 6.92 Å². The van der Waals surface area contributed by atoms with Crippen LogP contribution in [0.2, 0.25) is 0 Å². The van der Waals surface area contributed by atoms with Gasteiger partial charge in [-0.2, -0.15) is 0 Å². The Balaban J connectivity index is 1.98. The zero-order chi connectivity index (χ0) is 11.6. The molecule has 2 fully saturated rings. The van der Waals surface area contributed by atoms with Crippen LogP contribution in [0.3, 0.4) is 0 Å². The fourth-order valence-corrected chi connectivity index (χ4v) is 3.45. The molecule has 1 aliphatic carbocycles. The Morgan fingerprint density at radius 2 is 2.12 bits per heavy atom. The van der Waals surface area contributed by atoms with E-state index in [1.807, 2.05) is 6.92 Å². The highest BCUT2D eigenvalue weighted by molar-refractivity contribution is 5.80. The molecule has 1 heterocycles. The molecule has 2 atom stereocenters. The van der Waals surface area contributed by atoms with Gasteiger partial charge in [0.25, 0.3) is 0 Å². The zero-order valence-corrected chi connectivity index (χ0v) is 10.6. The maximum Gasteiger partial charge on any atom is 0.135 e. The molecule has 0 amide bonds. The third-order valence-electron chi connectivity index (χ3n) is 4.61. The van der Waals surface area contributed by atoms with Gasteiger partial charge in [0.05, 0.1) is 5.60 Å². The lowest BCUT2D eigenvalue weighted by Gasteiger charge is -2.40. The number of hydrogen-bond acceptors (Lipinski definition) is 2. The number of rotatable bonds is 3. The first-order valence-corrected chi connectivity index (χ1v) is 6.83. The maximum atomic E-state index is 11.8. The molecule has 16 heavy (non-hydrogen) atoms. The van der Waals surface area contributed by atoms with E-state index in [9.17, 15) is 4.79 Å². The van der Waals surface area contributed by atoms with Crippen molar-refractivity contribution in [2.45, 2.75) is 64.4 Å². The summed E-state index contributed by atoms with van der Waals surface area (Å²) >= 11 is 0. The van der Waals surface area contributed by atoms with Gasteiger partial charge in [0, 0.05) is 18.9 Å². The van der Waals surface area contributed by atoms with Crippen molar-refractivity contribution in [2.75, 3.05) is 6.61 Å². The van der Waals surface area contributed by atoms with Crippen LogP contribution in [0.25, 0.3) is 0 Å². The highest BCUT2D eigenvalue weighted by Gasteiger charge is 2.41. The predicted octanol–water partition coefficient (Wildman–Crippen LogP) is 3.34. The van der Waals surface area contributed by atoms with Crippen molar-refractivity contribution in [2.24, 2.45) is 11.8 Å². The highest BCUT2D eigenvalue weighted by Crippen LogP contribution is 2.44. The average molecular weight is 224 g/mol. The van der Waals surface area contributed by atoms with Crippen molar-refractivity contribution < 1.29 is 9.53 Å². The minimum Gasteiger partial charge on any atom is -0.375 e. The average Bonchev–Trinajstić information content (AvgIpc) is 2.75. The van der Waals surface area contributed by atoms with Crippen LogP contribution >= 0.6 is 0 Å². The molecule has 1 aliphatic heterocycles. The van der Waals surface area contributed by atoms with E-state index in [1.54, 1.807) is 0 Å². The Morgan fingerprint density at radius 1 is 1.44 bits per heavy atom. The van der Waals surface area contributed by atoms with Crippen LogP contribution < -0.4 is 0 Å². The second-order valence-corrected chi connectivity index (χ2v) is 5.60. The second kappa shape index (κ2) is 4.87. The lowest BCUT2D eigenvalue weighted by Crippen LogP contribution is -2.40. The van der Waals surface area contributed by atoms with Gasteiger partial charge in [-0.3, -0.25) is 4.79 Å². The fraction of sp³-hybridized carbons (Fsp3) is 0.929. The summed E-state index contributed by atoms with van der Waals surface area (Å²) in [6, 6.07) is 0. The Labute approximate surface area is 98.7 Å². The largest absolute Gasteiger partial charge is 0.375 e. The summed E-state index contributed by atoms with van der Waals surface area (Å²) in [5.74, 6) is 1.24. The van der Waals surface area contributed by atoms with Crippen LogP contribution in [-0.2, 0) is 9.53 Å². The third kappa shape index (κ3) is 2.32. The summed E-state index contributed by atoms with van der Waals surface area (Å²) in [6.45, 7) is 4.96. The second-order valence-electron chi connectivity index (χ2n) is 5.60. The molecule has 1 spiro atoms. The summed E-state index contributed by atoms with van der Waals surface area (Å²) in [5.41, 5.74) is 0.158. The smallest absolute Gasteiger partial charge is 0.135 e. The molecule has 1 saturated carbocycles. The number of carbonyl (C=O) groups is 1. The molecule has 0 bridgehead atoms. The van der Waals surface area contributed by atoms with E-state index < -0.39 is 0 Å². The summed E-state index contributed by atoms with van der Waals surface area (Å²) in [6.07, 6.45) is 7.94. The Morgan fingerprint density at radius 3 is 2.75 bits per heavy atom. The van der Waals surface area contributed by atoms with Gasteiger partial charge in [-0.25, -0.2) is 0 Å². The lowest BCUT2D eigenvalue weighted by atomic mass is 9.76. The molecule has 0 aromatic rings. The van der Waals surface area contributed by atoms with Crippen LogP contribution in [0.4, 0.5) is 0 Å². The number of Topliss-reactive ketones (excluding diaryl/α,β-unsaturated/α-hetero) is 1. The standard InChI is InChI=1S/C14H24O2/c1-3-13(15)11(2)12-6-9-16-14(10-12)7-4-5-8-14/h11-12H,3-10H2,1-2H3. The van der Waals surface area contributed by atoms with Gasteiger partial charge in [0.2, 0.25) is 0 Å². The van der Waals surface area contributed by atoms with Crippen LogP contribution in [0.15, 0.2) is 0 Å². The van der Waals surface area contributed by atoms with Crippen LogP contribution in [0.1, 0.15) is 58.8 Å². The molecule has 2 nitrogen and oxygen atoms in total. The molecule has 1 saturated heterocycles. The maximum absolute atomic E-state index is 11.8. The summed E-state index contributed by atoms with van der Waals surface area (Å²) < 4.78 is 6.01. The van der Waals surface area contributed by atoms with Gasteiger partial charge in [-0.15, -0.1) is 0 Å².